The number of ether oxygens (including phenoxy) is 1. The maximum atomic E-state index is 12.6. The van der Waals surface area contributed by atoms with E-state index in [1.807, 2.05) is 17.6 Å². The quantitative estimate of drug-likeness (QED) is 0.935. The second kappa shape index (κ2) is 5.93. The largest absolute Gasteiger partial charge is 0.383 e. The standard InChI is InChI=1S/C17H20N2O3/c1-11(10-22-2)18-17(21)14-9-19-8-4-6-12-5-3-7-13(15(12)19)16(14)20/h3,5,7,9,11H,4,6,8,10H2,1-2H3,(H,18,21)/t11-/m1/s1. The van der Waals surface area contributed by atoms with Gasteiger partial charge < -0.3 is 14.6 Å². The number of benzene rings is 1. The van der Waals surface area contributed by atoms with Crippen LogP contribution in [0.25, 0.3) is 10.9 Å². The second-order valence-electron chi connectivity index (χ2n) is 5.81. The average molecular weight is 300 g/mol. The molecule has 1 aromatic carbocycles. The van der Waals surface area contributed by atoms with Crippen LogP contribution in [0.5, 0.6) is 0 Å². The van der Waals surface area contributed by atoms with E-state index in [2.05, 4.69) is 11.4 Å². The number of amides is 1. The lowest BCUT2D eigenvalue weighted by Crippen LogP contribution is -2.38. The first kappa shape index (κ1) is 14.8. The monoisotopic (exact) mass is 300 g/mol. The lowest BCUT2D eigenvalue weighted by atomic mass is 9.99. The Balaban J connectivity index is 2.07. The van der Waals surface area contributed by atoms with E-state index >= 15 is 0 Å². The third kappa shape index (κ3) is 2.52. The van der Waals surface area contributed by atoms with Gasteiger partial charge >= 0.3 is 0 Å². The van der Waals surface area contributed by atoms with Crippen LogP contribution in [-0.2, 0) is 17.7 Å². The molecule has 0 radical (unpaired) electrons. The highest BCUT2D eigenvalue weighted by Gasteiger charge is 2.20. The van der Waals surface area contributed by atoms with Gasteiger partial charge in [-0.05, 0) is 31.4 Å². The van der Waals surface area contributed by atoms with Gasteiger partial charge in [0, 0.05) is 31.3 Å². The van der Waals surface area contributed by atoms with Crippen LogP contribution in [0.1, 0.15) is 29.3 Å². The summed E-state index contributed by atoms with van der Waals surface area (Å²) in [5, 5.41) is 3.44. The molecule has 0 saturated carbocycles. The number of nitrogens with zero attached hydrogens (tertiary/aromatic N) is 1. The van der Waals surface area contributed by atoms with Crippen molar-refractivity contribution in [1.82, 2.24) is 9.88 Å². The number of aromatic nitrogens is 1. The molecule has 2 heterocycles. The van der Waals surface area contributed by atoms with Crippen molar-refractivity contribution in [2.75, 3.05) is 13.7 Å². The molecule has 1 amide bonds. The molecule has 22 heavy (non-hydrogen) atoms. The van der Waals surface area contributed by atoms with Gasteiger partial charge in [0.05, 0.1) is 12.1 Å². The van der Waals surface area contributed by atoms with Crippen molar-refractivity contribution < 1.29 is 9.53 Å². The van der Waals surface area contributed by atoms with Crippen LogP contribution in [0.3, 0.4) is 0 Å². The molecule has 5 nitrogen and oxygen atoms in total. The number of hydrogen-bond donors (Lipinski definition) is 1. The fraction of sp³-hybridized carbons (Fsp3) is 0.412. The molecular formula is C17H20N2O3. The minimum Gasteiger partial charge on any atom is -0.383 e. The average Bonchev–Trinajstić information content (AvgIpc) is 2.51. The molecule has 0 saturated heterocycles. The summed E-state index contributed by atoms with van der Waals surface area (Å²) in [5.41, 5.74) is 2.16. The van der Waals surface area contributed by atoms with Gasteiger partial charge in [-0.3, -0.25) is 9.59 Å². The van der Waals surface area contributed by atoms with Crippen LogP contribution in [0.4, 0.5) is 0 Å². The van der Waals surface area contributed by atoms with Crippen LogP contribution >= 0.6 is 0 Å². The Bertz CT molecular complexity index is 779. The molecule has 0 unspecified atom stereocenters. The normalized spacial score (nSPS) is 14.8. The Kier molecular flexibility index (Phi) is 3.98. The summed E-state index contributed by atoms with van der Waals surface area (Å²) in [6.07, 6.45) is 3.70. The number of hydrogen-bond acceptors (Lipinski definition) is 3. The molecule has 2 aromatic rings. The van der Waals surface area contributed by atoms with E-state index in [1.54, 1.807) is 19.4 Å². The van der Waals surface area contributed by atoms with Gasteiger partial charge in [-0.2, -0.15) is 0 Å². The fourth-order valence-corrected chi connectivity index (χ4v) is 3.11. The maximum Gasteiger partial charge on any atom is 0.257 e. The van der Waals surface area contributed by atoms with E-state index in [1.165, 1.54) is 5.56 Å². The zero-order valence-electron chi connectivity index (χ0n) is 12.9. The van der Waals surface area contributed by atoms with Crippen molar-refractivity contribution in [1.29, 1.82) is 0 Å². The minimum absolute atomic E-state index is 0.139. The summed E-state index contributed by atoms with van der Waals surface area (Å²) < 4.78 is 7.05. The fourth-order valence-electron chi connectivity index (χ4n) is 3.11. The molecule has 0 bridgehead atoms. The van der Waals surface area contributed by atoms with Gasteiger partial charge in [-0.25, -0.2) is 0 Å². The van der Waals surface area contributed by atoms with E-state index in [0.717, 1.165) is 24.9 Å². The molecule has 0 spiro atoms. The first-order chi connectivity index (χ1) is 10.6. The summed E-state index contributed by atoms with van der Waals surface area (Å²) in [6.45, 7) is 3.10. The Morgan fingerprint density at radius 2 is 2.27 bits per heavy atom. The van der Waals surface area contributed by atoms with Gasteiger partial charge in [-0.1, -0.05) is 12.1 Å². The summed E-state index contributed by atoms with van der Waals surface area (Å²) in [5.74, 6) is -0.337. The lowest BCUT2D eigenvalue weighted by molar-refractivity contribution is 0.0904. The van der Waals surface area contributed by atoms with Crippen molar-refractivity contribution >= 4 is 16.8 Å². The van der Waals surface area contributed by atoms with E-state index in [0.29, 0.717) is 12.0 Å². The highest BCUT2D eigenvalue weighted by molar-refractivity contribution is 5.98. The Morgan fingerprint density at radius 3 is 3.05 bits per heavy atom. The lowest BCUT2D eigenvalue weighted by Gasteiger charge is -2.21. The van der Waals surface area contributed by atoms with Crippen LogP contribution in [0.2, 0.25) is 0 Å². The molecule has 0 aliphatic carbocycles. The number of aryl methyl sites for hydroxylation is 2. The van der Waals surface area contributed by atoms with E-state index in [9.17, 15) is 9.59 Å². The predicted molar refractivity (Wildman–Crippen MR) is 85.3 cm³/mol. The van der Waals surface area contributed by atoms with Crippen LogP contribution in [0, 0.1) is 0 Å². The summed E-state index contributed by atoms with van der Waals surface area (Å²) >= 11 is 0. The Labute approximate surface area is 128 Å². The van der Waals surface area contributed by atoms with Gasteiger partial charge in [0.15, 0.2) is 0 Å². The minimum atomic E-state index is -0.337. The molecule has 3 rings (SSSR count). The van der Waals surface area contributed by atoms with Crippen molar-refractivity contribution in [3.8, 4) is 0 Å². The van der Waals surface area contributed by atoms with Crippen molar-refractivity contribution in [3.05, 3.63) is 45.7 Å². The number of carbonyl (C=O) groups excluding carboxylic acids is 1. The summed E-state index contributed by atoms with van der Waals surface area (Å²) in [7, 11) is 1.58. The van der Waals surface area contributed by atoms with Crippen molar-refractivity contribution in [2.45, 2.75) is 32.4 Å². The Hall–Kier alpha value is -2.14. The smallest absolute Gasteiger partial charge is 0.257 e. The highest BCUT2D eigenvalue weighted by Crippen LogP contribution is 2.23. The number of rotatable bonds is 4. The predicted octanol–water partition coefficient (Wildman–Crippen LogP) is 1.71. The number of para-hydroxylation sites is 1. The number of carbonyl (C=O) groups is 1. The van der Waals surface area contributed by atoms with E-state index in [4.69, 9.17) is 4.74 Å². The summed E-state index contributed by atoms with van der Waals surface area (Å²) in [4.78, 5) is 25.0. The van der Waals surface area contributed by atoms with E-state index < -0.39 is 0 Å². The molecule has 116 valence electrons. The van der Waals surface area contributed by atoms with Crippen molar-refractivity contribution in [2.24, 2.45) is 0 Å². The highest BCUT2D eigenvalue weighted by atomic mass is 16.5. The molecule has 0 fully saturated rings. The van der Waals surface area contributed by atoms with Gasteiger partial charge in [-0.15, -0.1) is 0 Å². The third-order valence-corrected chi connectivity index (χ3v) is 4.06. The molecule has 1 N–H and O–H groups in total. The molecule has 1 aliphatic rings. The SMILES string of the molecule is COC[C@@H](C)NC(=O)c1cn2c3c(cccc3c1=O)CCC2. The second-order valence-corrected chi connectivity index (χ2v) is 5.81. The molecule has 1 atom stereocenters. The molecule has 5 heteroatoms. The van der Waals surface area contributed by atoms with Crippen LogP contribution < -0.4 is 10.7 Å². The molecular weight excluding hydrogens is 280 g/mol. The molecule has 1 aliphatic heterocycles. The van der Waals surface area contributed by atoms with E-state index in [-0.39, 0.29) is 22.9 Å². The third-order valence-electron chi connectivity index (χ3n) is 4.06. The summed E-state index contributed by atoms with van der Waals surface area (Å²) in [6, 6.07) is 5.61. The maximum absolute atomic E-state index is 12.6. The zero-order chi connectivity index (χ0) is 15.7. The number of nitrogens with one attached hydrogen (secondary N) is 1. The number of methoxy groups -OCH3 is 1. The van der Waals surface area contributed by atoms with Crippen molar-refractivity contribution in [3.63, 3.8) is 0 Å². The first-order valence-corrected chi connectivity index (χ1v) is 7.56. The van der Waals surface area contributed by atoms with Gasteiger partial charge in [0.2, 0.25) is 5.43 Å². The van der Waals surface area contributed by atoms with Crippen LogP contribution in [-0.4, -0.2) is 30.2 Å². The first-order valence-electron chi connectivity index (χ1n) is 7.56. The zero-order valence-corrected chi connectivity index (χ0v) is 12.9. The van der Waals surface area contributed by atoms with Crippen LogP contribution in [0.15, 0.2) is 29.2 Å². The molecule has 1 aromatic heterocycles. The van der Waals surface area contributed by atoms with Gasteiger partial charge in [0.25, 0.3) is 5.91 Å². The topological polar surface area (TPSA) is 60.3 Å². The Morgan fingerprint density at radius 1 is 1.45 bits per heavy atom. The van der Waals surface area contributed by atoms with Gasteiger partial charge in [0.1, 0.15) is 5.56 Å². The number of pyridine rings is 1.